The van der Waals surface area contributed by atoms with Crippen molar-refractivity contribution in [1.82, 2.24) is 13.8 Å². The van der Waals surface area contributed by atoms with Crippen LogP contribution in [0.5, 0.6) is 0 Å². The number of rotatable bonds is 4. The quantitative estimate of drug-likeness (QED) is 0.725. The van der Waals surface area contributed by atoms with Crippen LogP contribution >= 0.6 is 0 Å². The predicted octanol–water partition coefficient (Wildman–Crippen LogP) is 2.68. The molecule has 4 rings (SSSR count). The highest BCUT2D eigenvalue weighted by molar-refractivity contribution is 7.89. The Kier molecular flexibility index (Phi) is 6.21. The van der Waals surface area contributed by atoms with Crippen LogP contribution in [0, 0.1) is 11.8 Å². The van der Waals surface area contributed by atoms with Gasteiger partial charge in [-0.1, -0.05) is 32.0 Å². The second kappa shape index (κ2) is 8.74. The van der Waals surface area contributed by atoms with Crippen LogP contribution in [0.4, 0.5) is 0 Å². The summed E-state index contributed by atoms with van der Waals surface area (Å²) in [6, 6.07) is 6.78. The number of nitrogens with zero attached hydrogens (tertiary/aromatic N) is 3. The molecule has 1 aromatic heterocycles. The Balaban J connectivity index is 1.72. The molecule has 31 heavy (non-hydrogen) atoms. The monoisotopic (exact) mass is 445 g/mol. The van der Waals surface area contributed by atoms with Gasteiger partial charge < -0.3 is 9.47 Å². The van der Waals surface area contributed by atoms with Crippen molar-refractivity contribution in [3.63, 3.8) is 0 Å². The van der Waals surface area contributed by atoms with Gasteiger partial charge in [-0.2, -0.15) is 4.31 Å². The van der Waals surface area contributed by atoms with Crippen molar-refractivity contribution < 1.29 is 13.2 Å². The smallest absolute Gasteiger partial charge is 0.258 e. The lowest BCUT2D eigenvalue weighted by atomic mass is 9.99. The van der Waals surface area contributed by atoms with Crippen molar-refractivity contribution >= 4 is 26.7 Å². The van der Waals surface area contributed by atoms with E-state index in [2.05, 4.69) is 13.8 Å². The Morgan fingerprint density at radius 1 is 0.935 bits per heavy atom. The van der Waals surface area contributed by atoms with E-state index in [1.807, 2.05) is 0 Å². The average molecular weight is 446 g/mol. The van der Waals surface area contributed by atoms with Gasteiger partial charge in [0.25, 0.3) is 5.56 Å². The van der Waals surface area contributed by atoms with E-state index in [0.717, 1.165) is 25.7 Å². The van der Waals surface area contributed by atoms with Gasteiger partial charge in [-0.25, -0.2) is 8.42 Å². The van der Waals surface area contributed by atoms with Gasteiger partial charge in [0.2, 0.25) is 15.9 Å². The van der Waals surface area contributed by atoms with Gasteiger partial charge in [-0.15, -0.1) is 0 Å². The zero-order chi connectivity index (χ0) is 22.2. The lowest BCUT2D eigenvalue weighted by Gasteiger charge is -2.31. The molecule has 0 radical (unpaired) electrons. The van der Waals surface area contributed by atoms with Gasteiger partial charge in [-0.3, -0.25) is 9.59 Å². The molecule has 0 bridgehead atoms. The first-order valence-electron chi connectivity index (χ1n) is 11.2. The molecule has 0 aliphatic carbocycles. The SMILES string of the molecule is CC1CCN(C(=O)Cn2cc(S(=O)(=O)N3CCC(C)CC3)c3ccccc3c2=O)CC1. The number of carbonyl (C=O) groups is 1. The van der Waals surface area contributed by atoms with Crippen LogP contribution in [0.25, 0.3) is 10.8 Å². The van der Waals surface area contributed by atoms with Crippen molar-refractivity contribution in [3.05, 3.63) is 40.8 Å². The largest absolute Gasteiger partial charge is 0.341 e. The summed E-state index contributed by atoms with van der Waals surface area (Å²) in [6.07, 6.45) is 4.92. The molecule has 2 aliphatic heterocycles. The normalized spacial score (nSPS) is 19.7. The Hall–Kier alpha value is -2.19. The summed E-state index contributed by atoms with van der Waals surface area (Å²) in [5.41, 5.74) is -0.333. The molecule has 2 saturated heterocycles. The molecular formula is C23H31N3O4S. The van der Waals surface area contributed by atoms with E-state index in [-0.39, 0.29) is 22.9 Å². The van der Waals surface area contributed by atoms with Gasteiger partial charge in [0, 0.05) is 43.1 Å². The van der Waals surface area contributed by atoms with E-state index in [9.17, 15) is 18.0 Å². The van der Waals surface area contributed by atoms with E-state index in [0.29, 0.717) is 48.8 Å². The maximum Gasteiger partial charge on any atom is 0.258 e. The summed E-state index contributed by atoms with van der Waals surface area (Å²) in [6.45, 7) is 6.47. The highest BCUT2D eigenvalue weighted by Crippen LogP contribution is 2.27. The third kappa shape index (κ3) is 4.41. The summed E-state index contributed by atoms with van der Waals surface area (Å²) in [4.78, 5) is 27.8. The summed E-state index contributed by atoms with van der Waals surface area (Å²) < 4.78 is 29.8. The van der Waals surface area contributed by atoms with Crippen molar-refractivity contribution in [2.24, 2.45) is 11.8 Å². The highest BCUT2D eigenvalue weighted by atomic mass is 32.2. The number of amides is 1. The molecule has 0 N–H and O–H groups in total. The standard InChI is InChI=1S/C23H31N3O4S/c1-17-7-11-24(12-8-17)22(27)16-25-15-21(19-5-3-4-6-20(19)23(25)28)31(29,30)26-13-9-18(2)10-14-26/h3-6,15,17-18H,7-14,16H2,1-2H3. The summed E-state index contributed by atoms with van der Waals surface area (Å²) in [5.74, 6) is 0.956. The van der Waals surface area contributed by atoms with Crippen LogP contribution in [0.2, 0.25) is 0 Å². The van der Waals surface area contributed by atoms with Gasteiger partial charge in [0.1, 0.15) is 11.4 Å². The summed E-state index contributed by atoms with van der Waals surface area (Å²) in [5, 5.41) is 0.746. The Bertz CT molecular complexity index is 1130. The molecule has 0 atom stereocenters. The molecule has 7 nitrogen and oxygen atoms in total. The molecular weight excluding hydrogens is 414 g/mol. The third-order valence-corrected chi connectivity index (χ3v) is 8.69. The lowest BCUT2D eigenvalue weighted by Crippen LogP contribution is -2.41. The van der Waals surface area contributed by atoms with E-state index in [1.165, 1.54) is 15.1 Å². The fourth-order valence-electron chi connectivity index (χ4n) is 4.50. The number of hydrogen-bond acceptors (Lipinski definition) is 4. The van der Waals surface area contributed by atoms with Crippen molar-refractivity contribution in [3.8, 4) is 0 Å². The fraction of sp³-hybridized carbons (Fsp3) is 0.565. The number of carbonyl (C=O) groups excluding carboxylic acids is 1. The molecule has 0 spiro atoms. The summed E-state index contributed by atoms with van der Waals surface area (Å²) >= 11 is 0. The maximum absolute atomic E-state index is 13.5. The number of likely N-dealkylation sites (tertiary alicyclic amines) is 1. The minimum atomic E-state index is -3.77. The molecule has 168 valence electrons. The first-order chi connectivity index (χ1) is 14.8. The number of hydrogen-bond donors (Lipinski definition) is 0. The molecule has 1 aromatic carbocycles. The minimum absolute atomic E-state index is 0.109. The van der Waals surface area contributed by atoms with Gasteiger partial charge >= 0.3 is 0 Å². The van der Waals surface area contributed by atoms with Crippen molar-refractivity contribution in [2.45, 2.75) is 51.0 Å². The van der Waals surface area contributed by atoms with Gasteiger partial charge in [0.15, 0.2) is 0 Å². The number of benzene rings is 1. The first-order valence-corrected chi connectivity index (χ1v) is 12.6. The second-order valence-electron chi connectivity index (χ2n) is 9.12. The number of fused-ring (bicyclic) bond motifs is 1. The maximum atomic E-state index is 13.5. The van der Waals surface area contributed by atoms with Crippen LogP contribution < -0.4 is 5.56 Å². The van der Waals surface area contributed by atoms with Crippen molar-refractivity contribution in [1.29, 1.82) is 0 Å². The minimum Gasteiger partial charge on any atom is -0.341 e. The first kappa shape index (κ1) is 22.0. The van der Waals surface area contributed by atoms with E-state index < -0.39 is 10.0 Å². The third-order valence-electron chi connectivity index (χ3n) is 6.76. The molecule has 2 aromatic rings. The van der Waals surface area contributed by atoms with Gasteiger partial charge in [-0.05, 0) is 43.6 Å². The second-order valence-corrected chi connectivity index (χ2v) is 11.0. The van der Waals surface area contributed by atoms with E-state index >= 15 is 0 Å². The van der Waals surface area contributed by atoms with Crippen LogP contribution in [0.15, 0.2) is 40.2 Å². The molecule has 3 heterocycles. The topological polar surface area (TPSA) is 79.7 Å². The van der Waals surface area contributed by atoms with E-state index in [1.54, 1.807) is 29.2 Å². The van der Waals surface area contributed by atoms with Crippen LogP contribution in [0.3, 0.4) is 0 Å². The predicted molar refractivity (Wildman–Crippen MR) is 120 cm³/mol. The fourth-order valence-corrected chi connectivity index (χ4v) is 6.19. The highest BCUT2D eigenvalue weighted by Gasteiger charge is 2.31. The molecule has 8 heteroatoms. The number of pyridine rings is 1. The number of sulfonamides is 1. The molecule has 0 unspecified atom stereocenters. The Morgan fingerprint density at radius 2 is 1.48 bits per heavy atom. The van der Waals surface area contributed by atoms with Gasteiger partial charge in [0.05, 0.1) is 0 Å². The average Bonchev–Trinajstić information content (AvgIpc) is 2.76. The van der Waals surface area contributed by atoms with Crippen molar-refractivity contribution in [2.75, 3.05) is 26.2 Å². The number of aromatic nitrogens is 1. The van der Waals surface area contributed by atoms with E-state index in [4.69, 9.17) is 0 Å². The Labute approximate surface area is 183 Å². The zero-order valence-electron chi connectivity index (χ0n) is 18.3. The van der Waals surface area contributed by atoms with Crippen LogP contribution in [0.1, 0.15) is 39.5 Å². The van der Waals surface area contributed by atoms with Crippen LogP contribution in [-0.2, 0) is 21.4 Å². The molecule has 2 fully saturated rings. The molecule has 2 aliphatic rings. The van der Waals surface area contributed by atoms with Crippen LogP contribution in [-0.4, -0.2) is 54.3 Å². The summed E-state index contributed by atoms with van der Waals surface area (Å²) in [7, 11) is -3.77. The molecule has 0 saturated carbocycles. The Morgan fingerprint density at radius 3 is 2.10 bits per heavy atom. The zero-order valence-corrected chi connectivity index (χ0v) is 19.1. The molecule has 1 amide bonds. The number of piperidine rings is 2. The lowest BCUT2D eigenvalue weighted by molar-refractivity contribution is -0.133.